The Hall–Kier alpha value is -1.72. The fraction of sp³-hybridized carbons (Fsp3) is 0.474. The number of benzene rings is 1. The van der Waals surface area contributed by atoms with Crippen LogP contribution in [-0.2, 0) is 11.3 Å². The van der Waals surface area contributed by atoms with Crippen molar-refractivity contribution in [1.82, 2.24) is 9.88 Å². The van der Waals surface area contributed by atoms with Gasteiger partial charge in [-0.3, -0.25) is 4.79 Å². The molecule has 1 aliphatic heterocycles. The molecule has 0 spiro atoms. The van der Waals surface area contributed by atoms with E-state index in [1.807, 2.05) is 28.5 Å². The zero-order valence-corrected chi connectivity index (χ0v) is 15.1. The minimum absolute atomic E-state index is 0.0590. The quantitative estimate of drug-likeness (QED) is 0.797. The number of thiazole rings is 1. The molecule has 1 atom stereocenters. The SMILES string of the molecule is CC(C)c1nc(C(=O)N2CC[C@@H](COCc3ccccc3)C2)cs1. The van der Waals surface area contributed by atoms with Crippen molar-refractivity contribution in [1.29, 1.82) is 0 Å². The number of carbonyl (C=O) groups is 1. The summed E-state index contributed by atoms with van der Waals surface area (Å²) in [5.41, 5.74) is 1.78. The fourth-order valence-electron chi connectivity index (χ4n) is 2.88. The van der Waals surface area contributed by atoms with Gasteiger partial charge < -0.3 is 9.64 Å². The van der Waals surface area contributed by atoms with E-state index in [2.05, 4.69) is 31.0 Å². The van der Waals surface area contributed by atoms with Gasteiger partial charge in [-0.25, -0.2) is 4.98 Å². The summed E-state index contributed by atoms with van der Waals surface area (Å²) in [6.45, 7) is 7.10. The van der Waals surface area contributed by atoms with Gasteiger partial charge in [-0.05, 0) is 12.0 Å². The highest BCUT2D eigenvalue weighted by atomic mass is 32.1. The van der Waals surface area contributed by atoms with E-state index in [0.717, 1.165) is 24.5 Å². The Morgan fingerprint density at radius 1 is 1.38 bits per heavy atom. The lowest BCUT2D eigenvalue weighted by Crippen LogP contribution is -2.29. The fourth-order valence-corrected chi connectivity index (χ4v) is 3.69. The summed E-state index contributed by atoms with van der Waals surface area (Å²) in [5, 5.41) is 2.91. The van der Waals surface area contributed by atoms with Crippen molar-refractivity contribution in [2.24, 2.45) is 5.92 Å². The Morgan fingerprint density at radius 3 is 2.88 bits per heavy atom. The first kappa shape index (κ1) is 17.1. The lowest BCUT2D eigenvalue weighted by atomic mass is 10.1. The highest BCUT2D eigenvalue weighted by molar-refractivity contribution is 7.09. The molecule has 1 saturated heterocycles. The van der Waals surface area contributed by atoms with Crippen molar-refractivity contribution < 1.29 is 9.53 Å². The van der Waals surface area contributed by atoms with Gasteiger partial charge in [0.15, 0.2) is 0 Å². The lowest BCUT2D eigenvalue weighted by molar-refractivity contribution is 0.0729. The van der Waals surface area contributed by atoms with Crippen LogP contribution in [0.4, 0.5) is 0 Å². The Balaban J connectivity index is 1.47. The summed E-state index contributed by atoms with van der Waals surface area (Å²) >= 11 is 1.57. The normalized spacial score (nSPS) is 17.6. The van der Waals surface area contributed by atoms with Crippen LogP contribution in [0.1, 0.15) is 47.2 Å². The Morgan fingerprint density at radius 2 is 2.17 bits per heavy atom. The first-order chi connectivity index (χ1) is 11.6. The van der Waals surface area contributed by atoms with Crippen LogP contribution in [0.15, 0.2) is 35.7 Å². The maximum Gasteiger partial charge on any atom is 0.273 e. The van der Waals surface area contributed by atoms with Crippen molar-refractivity contribution in [2.75, 3.05) is 19.7 Å². The molecule has 5 heteroatoms. The highest BCUT2D eigenvalue weighted by Crippen LogP contribution is 2.23. The number of carbonyl (C=O) groups excluding carboxylic acids is 1. The van der Waals surface area contributed by atoms with E-state index in [-0.39, 0.29) is 5.91 Å². The predicted octanol–water partition coefficient (Wildman–Crippen LogP) is 3.95. The first-order valence-corrected chi connectivity index (χ1v) is 9.38. The zero-order chi connectivity index (χ0) is 16.9. The van der Waals surface area contributed by atoms with E-state index in [1.54, 1.807) is 11.3 Å². The molecule has 0 radical (unpaired) electrons. The third-order valence-corrected chi connectivity index (χ3v) is 5.42. The smallest absolute Gasteiger partial charge is 0.273 e. The molecule has 0 N–H and O–H groups in total. The molecule has 0 unspecified atom stereocenters. The maximum atomic E-state index is 12.6. The second-order valence-electron chi connectivity index (χ2n) is 6.63. The molecule has 0 bridgehead atoms. The average molecular weight is 344 g/mol. The molecule has 1 aliphatic rings. The second kappa shape index (κ2) is 7.90. The van der Waals surface area contributed by atoms with Crippen LogP contribution >= 0.6 is 11.3 Å². The van der Waals surface area contributed by atoms with E-state index in [0.29, 0.717) is 30.7 Å². The summed E-state index contributed by atoms with van der Waals surface area (Å²) in [6.07, 6.45) is 1.00. The number of aromatic nitrogens is 1. The molecule has 1 aromatic carbocycles. The van der Waals surface area contributed by atoms with Crippen LogP contribution in [0, 0.1) is 5.92 Å². The van der Waals surface area contributed by atoms with Gasteiger partial charge in [-0.15, -0.1) is 11.3 Å². The van der Waals surface area contributed by atoms with Crippen molar-refractivity contribution in [2.45, 2.75) is 32.8 Å². The second-order valence-corrected chi connectivity index (χ2v) is 7.52. The Labute approximate surface area is 147 Å². The highest BCUT2D eigenvalue weighted by Gasteiger charge is 2.28. The van der Waals surface area contributed by atoms with E-state index < -0.39 is 0 Å². The number of nitrogens with zero attached hydrogens (tertiary/aromatic N) is 2. The van der Waals surface area contributed by atoms with Crippen LogP contribution in [0.2, 0.25) is 0 Å². The van der Waals surface area contributed by atoms with Crippen molar-refractivity contribution in [3.63, 3.8) is 0 Å². The third-order valence-electron chi connectivity index (χ3n) is 4.27. The Kier molecular flexibility index (Phi) is 5.63. The van der Waals surface area contributed by atoms with E-state index in [9.17, 15) is 4.79 Å². The van der Waals surface area contributed by atoms with Gasteiger partial charge in [0.1, 0.15) is 5.69 Å². The molecule has 4 nitrogen and oxygen atoms in total. The summed E-state index contributed by atoms with van der Waals surface area (Å²) in [6, 6.07) is 10.2. The number of hydrogen-bond donors (Lipinski definition) is 0. The van der Waals surface area contributed by atoms with Gasteiger partial charge in [0.25, 0.3) is 5.91 Å². The Bertz CT molecular complexity index is 669. The maximum absolute atomic E-state index is 12.6. The molecule has 1 aromatic heterocycles. The molecule has 3 rings (SSSR count). The van der Waals surface area contributed by atoms with Crippen LogP contribution in [0.25, 0.3) is 0 Å². The number of likely N-dealkylation sites (tertiary alicyclic amines) is 1. The van der Waals surface area contributed by atoms with Gasteiger partial charge in [-0.1, -0.05) is 44.2 Å². The largest absolute Gasteiger partial charge is 0.376 e. The van der Waals surface area contributed by atoms with Crippen LogP contribution < -0.4 is 0 Å². The number of rotatable bonds is 6. The zero-order valence-electron chi connectivity index (χ0n) is 14.3. The van der Waals surface area contributed by atoms with Gasteiger partial charge >= 0.3 is 0 Å². The lowest BCUT2D eigenvalue weighted by Gasteiger charge is -2.15. The molecular weight excluding hydrogens is 320 g/mol. The van der Waals surface area contributed by atoms with Gasteiger partial charge in [0, 0.05) is 30.3 Å². The number of ether oxygens (including phenoxy) is 1. The first-order valence-electron chi connectivity index (χ1n) is 8.50. The van der Waals surface area contributed by atoms with Crippen LogP contribution in [-0.4, -0.2) is 35.5 Å². The standard InChI is InChI=1S/C19H24N2O2S/c1-14(2)18-20-17(13-24-18)19(22)21-9-8-16(10-21)12-23-11-15-6-4-3-5-7-15/h3-7,13-14,16H,8-12H2,1-2H3/t16-/m1/s1. The molecule has 2 aromatic rings. The summed E-state index contributed by atoms with van der Waals surface area (Å²) < 4.78 is 5.82. The monoisotopic (exact) mass is 344 g/mol. The molecule has 2 heterocycles. The van der Waals surface area contributed by atoms with E-state index in [1.165, 1.54) is 5.56 Å². The van der Waals surface area contributed by atoms with Gasteiger partial charge in [0.2, 0.25) is 0 Å². The van der Waals surface area contributed by atoms with Crippen molar-refractivity contribution >= 4 is 17.2 Å². The topological polar surface area (TPSA) is 42.4 Å². The number of hydrogen-bond acceptors (Lipinski definition) is 4. The minimum atomic E-state index is 0.0590. The molecule has 24 heavy (non-hydrogen) atoms. The molecule has 0 saturated carbocycles. The third kappa shape index (κ3) is 4.22. The molecule has 128 valence electrons. The minimum Gasteiger partial charge on any atom is -0.376 e. The molecule has 1 fully saturated rings. The number of amides is 1. The van der Waals surface area contributed by atoms with E-state index >= 15 is 0 Å². The summed E-state index contributed by atoms with van der Waals surface area (Å²) in [4.78, 5) is 18.9. The predicted molar refractivity (Wildman–Crippen MR) is 96.3 cm³/mol. The van der Waals surface area contributed by atoms with Crippen molar-refractivity contribution in [3.05, 3.63) is 52.0 Å². The molecule has 0 aliphatic carbocycles. The van der Waals surface area contributed by atoms with Crippen LogP contribution in [0.3, 0.4) is 0 Å². The summed E-state index contributed by atoms with van der Waals surface area (Å²) in [5.74, 6) is 0.846. The van der Waals surface area contributed by atoms with Gasteiger partial charge in [-0.2, -0.15) is 0 Å². The van der Waals surface area contributed by atoms with Crippen LogP contribution in [0.5, 0.6) is 0 Å². The summed E-state index contributed by atoms with van der Waals surface area (Å²) in [7, 11) is 0. The van der Waals surface area contributed by atoms with Crippen molar-refractivity contribution in [3.8, 4) is 0 Å². The van der Waals surface area contributed by atoms with Gasteiger partial charge in [0.05, 0.1) is 18.2 Å². The van der Waals surface area contributed by atoms with E-state index in [4.69, 9.17) is 4.74 Å². The molecule has 1 amide bonds. The average Bonchev–Trinajstić information content (AvgIpc) is 3.25. The molecular formula is C19H24N2O2S.